The molecule has 0 aliphatic carbocycles. The Morgan fingerprint density at radius 2 is 1.88 bits per heavy atom. The summed E-state index contributed by atoms with van der Waals surface area (Å²) < 4.78 is 43.9. The number of halogens is 3. The van der Waals surface area contributed by atoms with Crippen molar-refractivity contribution in [2.45, 2.75) is 6.18 Å². The zero-order valence-corrected chi connectivity index (χ0v) is 13.4. The quantitative estimate of drug-likeness (QED) is 0.896. The Labute approximate surface area is 139 Å². The van der Waals surface area contributed by atoms with Gasteiger partial charge in [0.2, 0.25) is 0 Å². The highest BCUT2D eigenvalue weighted by Crippen LogP contribution is 2.32. The summed E-state index contributed by atoms with van der Waals surface area (Å²) in [7, 11) is 0. The van der Waals surface area contributed by atoms with E-state index in [0.717, 1.165) is 25.7 Å². The van der Waals surface area contributed by atoms with E-state index in [0.29, 0.717) is 32.1 Å². The molecule has 1 aromatic heterocycles. The SMILES string of the molecule is OC[C@@H]1CN(c2cccc(C(F)(F)F)n2)C[C@@H]1CN1CCOCC1. The molecule has 0 saturated carbocycles. The van der Waals surface area contributed by atoms with Crippen molar-refractivity contribution in [3.8, 4) is 0 Å². The molecule has 2 aliphatic heterocycles. The van der Waals surface area contributed by atoms with Crippen LogP contribution in [-0.2, 0) is 10.9 Å². The van der Waals surface area contributed by atoms with E-state index in [1.807, 2.05) is 4.90 Å². The van der Waals surface area contributed by atoms with Crippen LogP contribution in [0.15, 0.2) is 18.2 Å². The molecule has 1 aromatic rings. The Kier molecular flexibility index (Phi) is 5.27. The van der Waals surface area contributed by atoms with E-state index >= 15 is 0 Å². The molecule has 5 nitrogen and oxygen atoms in total. The monoisotopic (exact) mass is 345 g/mol. The maximum atomic E-state index is 12.8. The highest BCUT2D eigenvalue weighted by Gasteiger charge is 2.36. The smallest absolute Gasteiger partial charge is 0.396 e. The molecule has 0 amide bonds. The molecule has 134 valence electrons. The average Bonchev–Trinajstić information content (AvgIpc) is 2.98. The standard InChI is InChI=1S/C16H22F3N3O2/c17-16(18,19)14-2-1-3-15(20-14)22-9-12(13(10-22)11-23)8-21-4-6-24-7-5-21/h1-3,12-13,23H,4-11H2/t12-,13-/m0/s1. The Morgan fingerprint density at radius 3 is 2.54 bits per heavy atom. The molecule has 3 rings (SSSR count). The van der Waals surface area contributed by atoms with Crippen LogP contribution in [0.25, 0.3) is 0 Å². The number of aliphatic hydroxyl groups is 1. The highest BCUT2D eigenvalue weighted by atomic mass is 19.4. The minimum atomic E-state index is -4.45. The molecule has 24 heavy (non-hydrogen) atoms. The van der Waals surface area contributed by atoms with Crippen molar-refractivity contribution in [1.29, 1.82) is 0 Å². The maximum absolute atomic E-state index is 12.8. The second-order valence-electron chi connectivity index (χ2n) is 6.40. The van der Waals surface area contributed by atoms with Gasteiger partial charge in [0, 0.05) is 45.2 Å². The number of nitrogens with zero attached hydrogens (tertiary/aromatic N) is 3. The van der Waals surface area contributed by atoms with Crippen molar-refractivity contribution in [2.24, 2.45) is 11.8 Å². The zero-order valence-electron chi connectivity index (χ0n) is 13.4. The maximum Gasteiger partial charge on any atom is 0.433 e. The predicted molar refractivity (Wildman–Crippen MR) is 82.8 cm³/mol. The largest absolute Gasteiger partial charge is 0.433 e. The van der Waals surface area contributed by atoms with Gasteiger partial charge < -0.3 is 14.7 Å². The minimum Gasteiger partial charge on any atom is -0.396 e. The number of aliphatic hydroxyl groups excluding tert-OH is 1. The van der Waals surface area contributed by atoms with Gasteiger partial charge in [-0.05, 0) is 18.1 Å². The third-order valence-corrected chi connectivity index (χ3v) is 4.76. The van der Waals surface area contributed by atoms with E-state index in [2.05, 4.69) is 9.88 Å². The van der Waals surface area contributed by atoms with E-state index in [1.54, 1.807) is 6.07 Å². The Bertz CT molecular complexity index is 550. The fourth-order valence-electron chi connectivity index (χ4n) is 3.41. The summed E-state index contributed by atoms with van der Waals surface area (Å²) in [5.74, 6) is 0.585. The van der Waals surface area contributed by atoms with Gasteiger partial charge in [-0.3, -0.25) is 4.90 Å². The summed E-state index contributed by atoms with van der Waals surface area (Å²) in [5.41, 5.74) is -0.878. The number of hydrogen-bond donors (Lipinski definition) is 1. The van der Waals surface area contributed by atoms with Crippen LogP contribution in [0.2, 0.25) is 0 Å². The molecule has 3 heterocycles. The van der Waals surface area contributed by atoms with E-state index in [9.17, 15) is 18.3 Å². The first kappa shape index (κ1) is 17.4. The first-order valence-corrected chi connectivity index (χ1v) is 8.17. The molecule has 1 N–H and O–H groups in total. The van der Waals surface area contributed by atoms with Crippen LogP contribution in [0.5, 0.6) is 0 Å². The van der Waals surface area contributed by atoms with Gasteiger partial charge in [-0.25, -0.2) is 4.98 Å². The van der Waals surface area contributed by atoms with Crippen LogP contribution in [-0.4, -0.2) is 67.5 Å². The first-order chi connectivity index (χ1) is 11.5. The van der Waals surface area contributed by atoms with Crippen LogP contribution in [0.4, 0.5) is 19.0 Å². The second kappa shape index (κ2) is 7.25. The van der Waals surface area contributed by atoms with Crippen LogP contribution in [0.3, 0.4) is 0 Å². The van der Waals surface area contributed by atoms with E-state index in [1.165, 1.54) is 6.07 Å². The van der Waals surface area contributed by atoms with Crippen molar-refractivity contribution in [1.82, 2.24) is 9.88 Å². The van der Waals surface area contributed by atoms with Crippen molar-refractivity contribution in [2.75, 3.05) is 57.4 Å². The van der Waals surface area contributed by atoms with Gasteiger partial charge in [-0.1, -0.05) is 6.07 Å². The lowest BCUT2D eigenvalue weighted by atomic mass is 9.96. The van der Waals surface area contributed by atoms with E-state index < -0.39 is 11.9 Å². The Morgan fingerprint density at radius 1 is 1.17 bits per heavy atom. The number of ether oxygens (including phenoxy) is 1. The normalized spacial score (nSPS) is 26.1. The fourth-order valence-corrected chi connectivity index (χ4v) is 3.41. The van der Waals surface area contributed by atoms with Crippen LogP contribution in [0.1, 0.15) is 5.69 Å². The molecule has 0 radical (unpaired) electrons. The van der Waals surface area contributed by atoms with Crippen molar-refractivity contribution in [3.63, 3.8) is 0 Å². The topological polar surface area (TPSA) is 48.8 Å². The molecule has 2 fully saturated rings. The summed E-state index contributed by atoms with van der Waals surface area (Å²) in [5, 5.41) is 9.64. The van der Waals surface area contributed by atoms with Gasteiger partial charge in [0.05, 0.1) is 13.2 Å². The third-order valence-electron chi connectivity index (χ3n) is 4.76. The molecule has 0 aromatic carbocycles. The van der Waals surface area contributed by atoms with Crippen LogP contribution >= 0.6 is 0 Å². The molecular formula is C16H22F3N3O2. The summed E-state index contributed by atoms with van der Waals surface area (Å²) in [6.07, 6.45) is -4.45. The van der Waals surface area contributed by atoms with E-state index in [4.69, 9.17) is 4.74 Å². The molecule has 2 aliphatic rings. The van der Waals surface area contributed by atoms with Crippen LogP contribution < -0.4 is 4.90 Å². The summed E-state index contributed by atoms with van der Waals surface area (Å²) in [4.78, 5) is 7.90. The Hall–Kier alpha value is -1.38. The molecule has 8 heteroatoms. The number of rotatable bonds is 4. The molecule has 0 unspecified atom stereocenters. The van der Waals surface area contributed by atoms with Crippen molar-refractivity contribution < 1.29 is 23.0 Å². The summed E-state index contributed by atoms with van der Waals surface area (Å²) in [6, 6.07) is 3.96. The number of pyridine rings is 1. The van der Waals surface area contributed by atoms with Crippen molar-refractivity contribution >= 4 is 5.82 Å². The van der Waals surface area contributed by atoms with E-state index in [-0.39, 0.29) is 18.4 Å². The summed E-state index contributed by atoms with van der Waals surface area (Å²) in [6.45, 7) is 5.11. The molecular weight excluding hydrogens is 323 g/mol. The van der Waals surface area contributed by atoms with Gasteiger partial charge in [0.1, 0.15) is 11.5 Å². The lowest BCUT2D eigenvalue weighted by Gasteiger charge is -2.30. The average molecular weight is 345 g/mol. The first-order valence-electron chi connectivity index (χ1n) is 8.17. The van der Waals surface area contributed by atoms with Gasteiger partial charge in [-0.2, -0.15) is 13.2 Å². The van der Waals surface area contributed by atoms with Gasteiger partial charge >= 0.3 is 6.18 Å². The minimum absolute atomic E-state index is 0.0322. The fraction of sp³-hybridized carbons (Fsp3) is 0.688. The lowest BCUT2D eigenvalue weighted by molar-refractivity contribution is -0.141. The van der Waals surface area contributed by atoms with Crippen molar-refractivity contribution in [3.05, 3.63) is 23.9 Å². The molecule has 0 bridgehead atoms. The summed E-state index contributed by atoms with van der Waals surface area (Å²) >= 11 is 0. The predicted octanol–water partition coefficient (Wildman–Crippen LogP) is 1.48. The number of hydrogen-bond acceptors (Lipinski definition) is 5. The van der Waals surface area contributed by atoms with Gasteiger partial charge in [0.25, 0.3) is 0 Å². The Balaban J connectivity index is 1.69. The molecule has 0 spiro atoms. The second-order valence-corrected chi connectivity index (χ2v) is 6.40. The molecule has 2 atom stereocenters. The number of morpholine rings is 1. The number of anilines is 1. The van der Waals surface area contributed by atoms with Gasteiger partial charge in [-0.15, -0.1) is 0 Å². The van der Waals surface area contributed by atoms with Gasteiger partial charge in [0.15, 0.2) is 0 Å². The number of aromatic nitrogens is 1. The lowest BCUT2D eigenvalue weighted by Crippen LogP contribution is -2.41. The molecule has 2 saturated heterocycles. The van der Waals surface area contributed by atoms with Crippen LogP contribution in [0, 0.1) is 11.8 Å². The zero-order chi connectivity index (χ0) is 17.2. The highest BCUT2D eigenvalue weighted by molar-refractivity contribution is 5.41. The number of alkyl halides is 3. The third kappa shape index (κ3) is 3.99.